The Balaban J connectivity index is 2.25. The predicted octanol–water partition coefficient (Wildman–Crippen LogP) is 3.42. The Kier molecular flexibility index (Phi) is 4.57. The van der Waals surface area contributed by atoms with Crippen LogP contribution in [0.3, 0.4) is 0 Å². The lowest BCUT2D eigenvalue weighted by Crippen LogP contribution is -2.13. The summed E-state index contributed by atoms with van der Waals surface area (Å²) in [7, 11) is 1.32. The van der Waals surface area contributed by atoms with Gasteiger partial charge in [0.05, 0.1) is 13.2 Å². The molecule has 0 spiro atoms. The van der Waals surface area contributed by atoms with E-state index >= 15 is 0 Å². The van der Waals surface area contributed by atoms with Crippen LogP contribution in [-0.2, 0) is 4.74 Å². The lowest BCUT2D eigenvalue weighted by atomic mass is 10.1. The summed E-state index contributed by atoms with van der Waals surface area (Å²) in [5.41, 5.74) is 1.96. The fourth-order valence-electron chi connectivity index (χ4n) is 2.21. The number of esters is 1. The molecule has 5 nitrogen and oxygen atoms in total. The summed E-state index contributed by atoms with van der Waals surface area (Å²) in [4.78, 5) is 22.4. The van der Waals surface area contributed by atoms with Gasteiger partial charge in [0.25, 0.3) is 0 Å². The normalized spacial score (nSPS) is 12.0. The van der Waals surface area contributed by atoms with Crippen LogP contribution >= 0.6 is 11.3 Å². The maximum atomic E-state index is 11.6. The minimum absolute atomic E-state index is 0.0745. The largest absolute Gasteiger partial charge is 0.463 e. The average Bonchev–Trinajstić information content (AvgIpc) is 2.76. The molecule has 0 aliphatic rings. The zero-order valence-corrected chi connectivity index (χ0v) is 13.7. The van der Waals surface area contributed by atoms with Crippen LogP contribution in [0.1, 0.15) is 44.6 Å². The van der Waals surface area contributed by atoms with Crippen LogP contribution in [-0.4, -0.2) is 23.0 Å². The number of anilines is 1. The maximum absolute atomic E-state index is 11.6. The first-order valence-electron chi connectivity index (χ1n) is 6.68. The van der Waals surface area contributed by atoms with Gasteiger partial charge in [-0.3, -0.25) is 0 Å². The molecule has 2 aromatic heterocycles. The molecule has 0 fully saturated rings. The summed E-state index contributed by atoms with van der Waals surface area (Å²) in [5, 5.41) is 3.32. The number of nitrogens with one attached hydrogen (secondary N) is 1. The number of hydrogen-bond acceptors (Lipinski definition) is 6. The lowest BCUT2D eigenvalue weighted by Gasteiger charge is -2.15. The van der Waals surface area contributed by atoms with Gasteiger partial charge in [-0.2, -0.15) is 0 Å². The second-order valence-corrected chi connectivity index (χ2v) is 6.40. The van der Waals surface area contributed by atoms with E-state index in [9.17, 15) is 4.79 Å². The van der Waals surface area contributed by atoms with Crippen molar-refractivity contribution in [2.45, 2.75) is 33.7 Å². The van der Waals surface area contributed by atoms with E-state index in [4.69, 9.17) is 0 Å². The summed E-state index contributed by atoms with van der Waals surface area (Å²) < 4.78 is 4.67. The average molecular weight is 305 g/mol. The summed E-state index contributed by atoms with van der Waals surface area (Å²) >= 11 is 1.78. The molecule has 2 heterocycles. The van der Waals surface area contributed by atoms with Crippen molar-refractivity contribution in [1.82, 2.24) is 9.97 Å². The first-order valence-corrected chi connectivity index (χ1v) is 7.50. The monoisotopic (exact) mass is 305 g/mol. The molecule has 0 bridgehead atoms. The quantitative estimate of drug-likeness (QED) is 0.877. The first-order chi connectivity index (χ1) is 9.90. The van der Waals surface area contributed by atoms with Gasteiger partial charge in [-0.25, -0.2) is 14.8 Å². The van der Waals surface area contributed by atoms with Crippen molar-refractivity contribution >= 4 is 23.1 Å². The van der Waals surface area contributed by atoms with Crippen LogP contribution in [0.4, 0.5) is 5.82 Å². The number of thiophene rings is 1. The Morgan fingerprint density at radius 1 is 1.29 bits per heavy atom. The van der Waals surface area contributed by atoms with Crippen molar-refractivity contribution in [2.75, 3.05) is 12.4 Å². The number of carbonyl (C=O) groups is 1. The molecule has 112 valence electrons. The van der Waals surface area contributed by atoms with Gasteiger partial charge < -0.3 is 10.1 Å². The second kappa shape index (κ2) is 6.22. The van der Waals surface area contributed by atoms with E-state index in [0.29, 0.717) is 5.82 Å². The molecule has 1 atom stereocenters. The van der Waals surface area contributed by atoms with E-state index in [2.05, 4.69) is 46.9 Å². The van der Waals surface area contributed by atoms with E-state index in [1.807, 2.05) is 13.0 Å². The molecule has 21 heavy (non-hydrogen) atoms. The molecule has 0 aromatic carbocycles. The Morgan fingerprint density at radius 2 is 2.00 bits per heavy atom. The van der Waals surface area contributed by atoms with Gasteiger partial charge >= 0.3 is 5.97 Å². The highest BCUT2D eigenvalue weighted by Gasteiger charge is 2.15. The van der Waals surface area contributed by atoms with Crippen LogP contribution in [0.25, 0.3) is 0 Å². The Hall–Kier alpha value is -1.95. The van der Waals surface area contributed by atoms with Crippen molar-refractivity contribution in [3.8, 4) is 0 Å². The van der Waals surface area contributed by atoms with E-state index in [1.54, 1.807) is 11.3 Å². The van der Waals surface area contributed by atoms with Gasteiger partial charge in [0.1, 0.15) is 5.82 Å². The van der Waals surface area contributed by atoms with Crippen LogP contribution in [0.2, 0.25) is 0 Å². The summed E-state index contributed by atoms with van der Waals surface area (Å²) in [6.07, 6.45) is 0. The molecular formula is C15H19N3O2S. The van der Waals surface area contributed by atoms with Crippen LogP contribution in [0, 0.1) is 20.8 Å². The SMILES string of the molecule is COC(=O)c1nc(C)cc(NC(C)c2cc(C)sc2C)n1. The van der Waals surface area contributed by atoms with E-state index in [-0.39, 0.29) is 11.9 Å². The molecule has 0 aliphatic heterocycles. The zero-order chi connectivity index (χ0) is 15.6. The number of carbonyl (C=O) groups excluding carboxylic acids is 1. The molecule has 0 saturated carbocycles. The lowest BCUT2D eigenvalue weighted by molar-refractivity contribution is 0.0586. The third kappa shape index (κ3) is 3.58. The van der Waals surface area contributed by atoms with Gasteiger partial charge in [-0.1, -0.05) is 0 Å². The Morgan fingerprint density at radius 3 is 2.57 bits per heavy atom. The fourth-order valence-corrected chi connectivity index (χ4v) is 3.23. The number of methoxy groups -OCH3 is 1. The van der Waals surface area contributed by atoms with Gasteiger partial charge in [-0.05, 0) is 39.3 Å². The molecule has 0 radical (unpaired) electrons. The van der Waals surface area contributed by atoms with E-state index < -0.39 is 5.97 Å². The first kappa shape index (κ1) is 15.4. The second-order valence-electron chi connectivity index (χ2n) is 4.94. The van der Waals surface area contributed by atoms with Gasteiger partial charge in [-0.15, -0.1) is 11.3 Å². The summed E-state index contributed by atoms with van der Waals surface area (Å²) in [6.45, 7) is 8.10. The van der Waals surface area contributed by atoms with Crippen molar-refractivity contribution in [2.24, 2.45) is 0 Å². The number of rotatable bonds is 4. The maximum Gasteiger partial charge on any atom is 0.376 e. The van der Waals surface area contributed by atoms with E-state index in [1.165, 1.54) is 22.4 Å². The van der Waals surface area contributed by atoms with Gasteiger partial charge in [0.2, 0.25) is 5.82 Å². The number of aromatic nitrogens is 2. The minimum atomic E-state index is -0.531. The number of nitrogens with zero attached hydrogens (tertiary/aromatic N) is 2. The van der Waals surface area contributed by atoms with Crippen molar-refractivity contribution in [3.63, 3.8) is 0 Å². The highest BCUT2D eigenvalue weighted by Crippen LogP contribution is 2.28. The van der Waals surface area contributed by atoms with Crippen LogP contribution in [0.15, 0.2) is 12.1 Å². The molecule has 1 unspecified atom stereocenters. The van der Waals surface area contributed by atoms with E-state index in [0.717, 1.165) is 5.69 Å². The Bertz CT molecular complexity index is 667. The number of ether oxygens (including phenoxy) is 1. The van der Waals surface area contributed by atoms with Crippen molar-refractivity contribution in [3.05, 3.63) is 39.0 Å². The smallest absolute Gasteiger partial charge is 0.376 e. The minimum Gasteiger partial charge on any atom is -0.463 e. The van der Waals surface area contributed by atoms with Crippen molar-refractivity contribution in [1.29, 1.82) is 0 Å². The number of aryl methyl sites for hydroxylation is 3. The molecule has 0 aliphatic carbocycles. The van der Waals surface area contributed by atoms with Gasteiger partial charge in [0.15, 0.2) is 0 Å². The Labute approximate surface area is 128 Å². The predicted molar refractivity (Wildman–Crippen MR) is 83.9 cm³/mol. The van der Waals surface area contributed by atoms with Crippen LogP contribution < -0.4 is 5.32 Å². The molecule has 0 saturated heterocycles. The van der Waals surface area contributed by atoms with Crippen molar-refractivity contribution < 1.29 is 9.53 Å². The molecule has 2 rings (SSSR count). The highest BCUT2D eigenvalue weighted by molar-refractivity contribution is 7.12. The zero-order valence-electron chi connectivity index (χ0n) is 12.9. The molecule has 2 aromatic rings. The number of hydrogen-bond donors (Lipinski definition) is 1. The fraction of sp³-hybridized carbons (Fsp3) is 0.400. The van der Waals surface area contributed by atoms with Crippen LogP contribution in [0.5, 0.6) is 0 Å². The topological polar surface area (TPSA) is 64.1 Å². The molecule has 0 amide bonds. The van der Waals surface area contributed by atoms with Gasteiger partial charge in [0, 0.05) is 21.5 Å². The third-order valence-corrected chi connectivity index (χ3v) is 4.11. The third-order valence-electron chi connectivity index (χ3n) is 3.13. The summed E-state index contributed by atoms with van der Waals surface area (Å²) in [6, 6.07) is 4.10. The standard InChI is InChI=1S/C15H19N3O2S/c1-8-6-13(18-14(16-8)15(19)20-5)17-10(3)12-7-9(2)21-11(12)4/h6-7,10H,1-5H3,(H,16,17,18). The highest BCUT2D eigenvalue weighted by atomic mass is 32.1. The molecular weight excluding hydrogens is 286 g/mol. The molecule has 6 heteroatoms. The molecule has 1 N–H and O–H groups in total. The summed E-state index contributed by atoms with van der Waals surface area (Å²) in [5.74, 6) is 0.168.